The topological polar surface area (TPSA) is 44.5 Å². The van der Waals surface area contributed by atoms with Crippen molar-refractivity contribution in [2.24, 2.45) is 5.73 Å². The molecule has 1 aromatic carbocycles. The van der Waals surface area contributed by atoms with Gasteiger partial charge in [-0.05, 0) is 38.0 Å². The first-order valence-corrected chi connectivity index (χ1v) is 5.51. The average Bonchev–Trinajstić information content (AvgIpc) is 2.24. The van der Waals surface area contributed by atoms with E-state index in [-0.39, 0.29) is 5.54 Å². The molecule has 3 heteroatoms. The third-order valence-corrected chi connectivity index (χ3v) is 2.13. The van der Waals surface area contributed by atoms with Crippen LogP contribution in [0, 0.1) is 0 Å². The van der Waals surface area contributed by atoms with Crippen molar-refractivity contribution in [3.05, 3.63) is 29.8 Å². The molecule has 0 bridgehead atoms. The zero-order valence-electron chi connectivity index (χ0n) is 10.3. The minimum Gasteiger partial charge on any atom is -0.492 e. The maximum atomic E-state index is 5.84. The van der Waals surface area contributed by atoms with E-state index in [0.29, 0.717) is 6.61 Å². The fraction of sp³-hybridized carbons (Fsp3) is 0.538. The lowest BCUT2D eigenvalue weighted by molar-refractivity contribution is 0.202. The molecule has 90 valence electrons. The summed E-state index contributed by atoms with van der Waals surface area (Å²) in [7, 11) is 1.71. The lowest BCUT2D eigenvalue weighted by Crippen LogP contribution is -2.38. The van der Waals surface area contributed by atoms with Crippen LogP contribution < -0.4 is 10.5 Å². The van der Waals surface area contributed by atoms with Gasteiger partial charge in [0.25, 0.3) is 0 Å². The number of methoxy groups -OCH3 is 1. The van der Waals surface area contributed by atoms with Gasteiger partial charge < -0.3 is 15.2 Å². The van der Waals surface area contributed by atoms with E-state index in [0.717, 1.165) is 18.8 Å². The van der Waals surface area contributed by atoms with Crippen molar-refractivity contribution >= 4 is 0 Å². The highest BCUT2D eigenvalue weighted by Crippen LogP contribution is 2.14. The standard InChI is InChI=1S/C13H21NO2/c1-13(2,14)10-16-12-6-4-11(5-7-12)8-9-15-3/h4-7H,8-10,14H2,1-3H3. The number of benzene rings is 1. The zero-order valence-corrected chi connectivity index (χ0v) is 10.3. The van der Waals surface area contributed by atoms with Crippen LogP contribution in [-0.4, -0.2) is 25.9 Å². The molecule has 0 saturated heterocycles. The average molecular weight is 223 g/mol. The lowest BCUT2D eigenvalue weighted by Gasteiger charge is -2.19. The Bertz CT molecular complexity index is 301. The Labute approximate surface area is 97.6 Å². The van der Waals surface area contributed by atoms with Crippen molar-refractivity contribution in [1.82, 2.24) is 0 Å². The van der Waals surface area contributed by atoms with Crippen LogP contribution in [0.3, 0.4) is 0 Å². The van der Waals surface area contributed by atoms with Gasteiger partial charge in [-0.15, -0.1) is 0 Å². The second-order valence-corrected chi connectivity index (χ2v) is 4.66. The summed E-state index contributed by atoms with van der Waals surface area (Å²) in [5.74, 6) is 0.861. The first-order valence-electron chi connectivity index (χ1n) is 5.51. The molecule has 0 radical (unpaired) electrons. The molecule has 0 atom stereocenters. The molecule has 0 unspecified atom stereocenters. The smallest absolute Gasteiger partial charge is 0.119 e. The summed E-state index contributed by atoms with van der Waals surface area (Å²) in [4.78, 5) is 0. The van der Waals surface area contributed by atoms with Gasteiger partial charge in [0.1, 0.15) is 12.4 Å². The van der Waals surface area contributed by atoms with Crippen molar-refractivity contribution in [1.29, 1.82) is 0 Å². The molecule has 2 N–H and O–H groups in total. The third-order valence-electron chi connectivity index (χ3n) is 2.13. The molecule has 0 fully saturated rings. The van der Waals surface area contributed by atoms with Gasteiger partial charge in [0.15, 0.2) is 0 Å². The highest BCUT2D eigenvalue weighted by Gasteiger charge is 2.11. The minimum absolute atomic E-state index is 0.297. The van der Waals surface area contributed by atoms with Crippen molar-refractivity contribution in [3.8, 4) is 5.75 Å². The molecule has 0 amide bonds. The van der Waals surface area contributed by atoms with Gasteiger partial charge in [-0.1, -0.05) is 12.1 Å². The van der Waals surface area contributed by atoms with Crippen LogP contribution in [0.15, 0.2) is 24.3 Å². The van der Waals surface area contributed by atoms with Crippen molar-refractivity contribution in [3.63, 3.8) is 0 Å². The summed E-state index contributed by atoms with van der Waals surface area (Å²) in [6, 6.07) is 8.04. The number of hydrogen-bond acceptors (Lipinski definition) is 3. The van der Waals surface area contributed by atoms with Crippen LogP contribution in [0.4, 0.5) is 0 Å². The van der Waals surface area contributed by atoms with Crippen LogP contribution in [0.5, 0.6) is 5.75 Å². The van der Waals surface area contributed by atoms with E-state index in [1.807, 2.05) is 26.0 Å². The van der Waals surface area contributed by atoms with Crippen LogP contribution in [-0.2, 0) is 11.2 Å². The third kappa shape index (κ3) is 5.14. The summed E-state index contributed by atoms with van der Waals surface area (Å²) in [5.41, 5.74) is 6.79. The van der Waals surface area contributed by atoms with Crippen molar-refractivity contribution < 1.29 is 9.47 Å². The molecule has 0 aliphatic heterocycles. The molecule has 0 aliphatic carbocycles. The van der Waals surface area contributed by atoms with Crippen molar-refractivity contribution in [2.45, 2.75) is 25.8 Å². The molecular weight excluding hydrogens is 202 g/mol. The number of nitrogens with two attached hydrogens (primary N) is 1. The maximum absolute atomic E-state index is 5.84. The molecule has 0 aromatic heterocycles. The summed E-state index contributed by atoms with van der Waals surface area (Å²) >= 11 is 0. The fourth-order valence-corrected chi connectivity index (χ4v) is 1.24. The fourth-order valence-electron chi connectivity index (χ4n) is 1.24. The summed E-state index contributed by atoms with van der Waals surface area (Å²) in [5, 5.41) is 0. The summed E-state index contributed by atoms with van der Waals surface area (Å²) < 4.78 is 10.6. The predicted octanol–water partition coefficient (Wildman–Crippen LogP) is 1.99. The zero-order chi connectivity index (χ0) is 12.0. The highest BCUT2D eigenvalue weighted by atomic mass is 16.5. The lowest BCUT2D eigenvalue weighted by atomic mass is 10.1. The van der Waals surface area contributed by atoms with E-state index in [1.165, 1.54) is 5.56 Å². The second kappa shape index (κ2) is 5.87. The Balaban J connectivity index is 2.45. The Morgan fingerprint density at radius 2 is 1.81 bits per heavy atom. The molecule has 16 heavy (non-hydrogen) atoms. The van der Waals surface area contributed by atoms with E-state index in [2.05, 4.69) is 12.1 Å². The van der Waals surface area contributed by atoms with Crippen LogP contribution in [0.25, 0.3) is 0 Å². The van der Waals surface area contributed by atoms with Gasteiger partial charge in [0, 0.05) is 12.6 Å². The van der Waals surface area contributed by atoms with E-state index >= 15 is 0 Å². The molecule has 0 spiro atoms. The van der Waals surface area contributed by atoms with E-state index in [9.17, 15) is 0 Å². The Hall–Kier alpha value is -1.06. The molecule has 0 saturated carbocycles. The Morgan fingerprint density at radius 1 is 1.19 bits per heavy atom. The van der Waals surface area contributed by atoms with Gasteiger partial charge in [-0.3, -0.25) is 0 Å². The SMILES string of the molecule is COCCc1ccc(OCC(C)(C)N)cc1. The number of rotatable bonds is 6. The van der Waals surface area contributed by atoms with Gasteiger partial charge in [0.05, 0.1) is 6.61 Å². The number of hydrogen-bond donors (Lipinski definition) is 1. The first-order chi connectivity index (χ1) is 7.51. The second-order valence-electron chi connectivity index (χ2n) is 4.66. The quantitative estimate of drug-likeness (QED) is 0.802. The largest absolute Gasteiger partial charge is 0.492 e. The van der Waals surface area contributed by atoms with Crippen molar-refractivity contribution in [2.75, 3.05) is 20.3 Å². The summed E-state index contributed by atoms with van der Waals surface area (Å²) in [6.45, 7) is 5.15. The van der Waals surface area contributed by atoms with Crippen LogP contribution >= 0.6 is 0 Å². The Kier molecular flexibility index (Phi) is 4.77. The molecule has 0 aliphatic rings. The van der Waals surface area contributed by atoms with E-state index < -0.39 is 0 Å². The molecule has 1 aromatic rings. The van der Waals surface area contributed by atoms with Gasteiger partial charge in [-0.25, -0.2) is 0 Å². The predicted molar refractivity (Wildman–Crippen MR) is 65.8 cm³/mol. The normalized spacial score (nSPS) is 11.5. The minimum atomic E-state index is -0.297. The van der Waals surface area contributed by atoms with E-state index in [1.54, 1.807) is 7.11 Å². The first kappa shape index (κ1) is 13.0. The molecule has 0 heterocycles. The maximum Gasteiger partial charge on any atom is 0.119 e. The van der Waals surface area contributed by atoms with Crippen LogP contribution in [0.2, 0.25) is 0 Å². The van der Waals surface area contributed by atoms with Gasteiger partial charge in [-0.2, -0.15) is 0 Å². The summed E-state index contributed by atoms with van der Waals surface area (Å²) in [6.07, 6.45) is 0.930. The Morgan fingerprint density at radius 3 is 2.31 bits per heavy atom. The van der Waals surface area contributed by atoms with Gasteiger partial charge in [0.2, 0.25) is 0 Å². The molecular formula is C13H21NO2. The van der Waals surface area contributed by atoms with E-state index in [4.69, 9.17) is 15.2 Å². The number of ether oxygens (including phenoxy) is 2. The molecule has 3 nitrogen and oxygen atoms in total. The monoisotopic (exact) mass is 223 g/mol. The van der Waals surface area contributed by atoms with Crippen LogP contribution in [0.1, 0.15) is 19.4 Å². The molecule has 1 rings (SSSR count). The van der Waals surface area contributed by atoms with Gasteiger partial charge >= 0.3 is 0 Å². The highest BCUT2D eigenvalue weighted by molar-refractivity contribution is 5.27.